The summed E-state index contributed by atoms with van der Waals surface area (Å²) in [4.78, 5) is 16.5. The van der Waals surface area contributed by atoms with Crippen LogP contribution in [0.25, 0.3) is 0 Å². The zero-order valence-electron chi connectivity index (χ0n) is 11.7. The molecule has 0 saturated heterocycles. The first-order valence-corrected chi connectivity index (χ1v) is 8.16. The van der Waals surface area contributed by atoms with Crippen molar-refractivity contribution in [3.63, 3.8) is 0 Å². The predicted octanol–water partition coefficient (Wildman–Crippen LogP) is 3.28. The van der Waals surface area contributed by atoms with Crippen LogP contribution in [0.15, 0.2) is 28.8 Å². The largest absolute Gasteiger partial charge is 0.465 e. The molecule has 0 aliphatic heterocycles. The Morgan fingerprint density at radius 2 is 2.14 bits per heavy atom. The average molecular weight is 327 g/mol. The van der Waals surface area contributed by atoms with E-state index >= 15 is 0 Å². The molecule has 1 atom stereocenters. The Kier molecular flexibility index (Phi) is 5.64. The molecular formula is C14H15ClN2O3S. The first kappa shape index (κ1) is 15.9. The SMILES string of the molecule is CCOC(=O)C(c1ccc(Cl)cc1)c1nc(CSC)no1. The molecule has 21 heavy (non-hydrogen) atoms. The minimum atomic E-state index is -0.731. The number of ether oxygens (including phenoxy) is 1. The van der Waals surface area contributed by atoms with Crippen molar-refractivity contribution in [1.82, 2.24) is 10.1 Å². The van der Waals surface area contributed by atoms with Gasteiger partial charge in [0.05, 0.1) is 12.4 Å². The molecule has 0 fully saturated rings. The van der Waals surface area contributed by atoms with Crippen LogP contribution in [0.4, 0.5) is 0 Å². The molecule has 1 aromatic carbocycles. The Hall–Kier alpha value is -1.53. The Morgan fingerprint density at radius 3 is 2.76 bits per heavy atom. The molecule has 1 aromatic heterocycles. The van der Waals surface area contributed by atoms with Crippen LogP contribution in [0.3, 0.4) is 0 Å². The molecule has 112 valence electrons. The molecule has 2 aromatic rings. The topological polar surface area (TPSA) is 65.2 Å². The number of benzene rings is 1. The maximum absolute atomic E-state index is 12.2. The molecule has 0 aliphatic rings. The summed E-state index contributed by atoms with van der Waals surface area (Å²) >= 11 is 7.46. The zero-order chi connectivity index (χ0) is 15.2. The van der Waals surface area contributed by atoms with Gasteiger partial charge in [0.25, 0.3) is 0 Å². The van der Waals surface area contributed by atoms with Crippen molar-refractivity contribution >= 4 is 29.3 Å². The van der Waals surface area contributed by atoms with Crippen molar-refractivity contribution in [3.8, 4) is 0 Å². The first-order chi connectivity index (χ1) is 10.2. The van der Waals surface area contributed by atoms with Crippen LogP contribution in [0.1, 0.15) is 30.1 Å². The molecular weight excluding hydrogens is 312 g/mol. The summed E-state index contributed by atoms with van der Waals surface area (Å²) in [6, 6.07) is 6.93. The van der Waals surface area contributed by atoms with E-state index in [-0.39, 0.29) is 12.5 Å². The summed E-state index contributed by atoms with van der Waals surface area (Å²) in [5.74, 6) is 0.268. The third-order valence-electron chi connectivity index (χ3n) is 2.73. The number of rotatable bonds is 6. The van der Waals surface area contributed by atoms with Gasteiger partial charge in [0, 0.05) is 5.02 Å². The fourth-order valence-corrected chi connectivity index (χ4v) is 2.33. The van der Waals surface area contributed by atoms with Crippen molar-refractivity contribution in [1.29, 1.82) is 0 Å². The minimum absolute atomic E-state index is 0.236. The number of thioether (sulfide) groups is 1. The summed E-state index contributed by atoms with van der Waals surface area (Å²) in [6.45, 7) is 2.04. The van der Waals surface area contributed by atoms with Crippen LogP contribution in [-0.2, 0) is 15.3 Å². The molecule has 0 N–H and O–H groups in total. The van der Waals surface area contributed by atoms with E-state index in [1.54, 1.807) is 43.0 Å². The average Bonchev–Trinajstić information content (AvgIpc) is 2.90. The van der Waals surface area contributed by atoms with Crippen LogP contribution in [-0.4, -0.2) is 29.0 Å². The molecule has 2 rings (SSSR count). The molecule has 0 spiro atoms. The highest BCUT2D eigenvalue weighted by Crippen LogP contribution is 2.26. The van der Waals surface area contributed by atoms with Crippen LogP contribution in [0, 0.1) is 0 Å². The summed E-state index contributed by atoms with van der Waals surface area (Å²) in [5, 5.41) is 4.46. The molecule has 1 unspecified atom stereocenters. The van der Waals surface area contributed by atoms with E-state index in [4.69, 9.17) is 20.9 Å². The zero-order valence-corrected chi connectivity index (χ0v) is 13.3. The molecule has 0 saturated carbocycles. The minimum Gasteiger partial charge on any atom is -0.465 e. The van der Waals surface area contributed by atoms with Gasteiger partial charge >= 0.3 is 5.97 Å². The first-order valence-electron chi connectivity index (χ1n) is 6.39. The second kappa shape index (κ2) is 7.47. The third kappa shape index (κ3) is 3.98. The summed E-state index contributed by atoms with van der Waals surface area (Å²) in [7, 11) is 0. The Morgan fingerprint density at radius 1 is 1.43 bits per heavy atom. The van der Waals surface area contributed by atoms with Crippen molar-refractivity contribution in [2.45, 2.75) is 18.6 Å². The smallest absolute Gasteiger partial charge is 0.323 e. The number of nitrogens with zero attached hydrogens (tertiary/aromatic N) is 2. The third-order valence-corrected chi connectivity index (χ3v) is 3.53. The molecule has 0 radical (unpaired) electrons. The molecule has 1 heterocycles. The molecule has 5 nitrogen and oxygen atoms in total. The maximum Gasteiger partial charge on any atom is 0.323 e. The Balaban J connectivity index is 2.34. The predicted molar refractivity (Wildman–Crippen MR) is 81.4 cm³/mol. The van der Waals surface area contributed by atoms with Crippen molar-refractivity contribution in [2.24, 2.45) is 0 Å². The summed E-state index contributed by atoms with van der Waals surface area (Å²) in [6.07, 6.45) is 1.94. The van der Waals surface area contributed by atoms with Gasteiger partial charge in [-0.1, -0.05) is 28.9 Å². The van der Waals surface area contributed by atoms with E-state index in [1.807, 2.05) is 6.26 Å². The lowest BCUT2D eigenvalue weighted by Crippen LogP contribution is -2.17. The quantitative estimate of drug-likeness (QED) is 0.759. The number of aromatic nitrogens is 2. The van der Waals surface area contributed by atoms with Crippen molar-refractivity contribution < 1.29 is 14.1 Å². The highest BCUT2D eigenvalue weighted by atomic mass is 35.5. The second-order valence-corrected chi connectivity index (χ2v) is 5.52. The summed E-state index contributed by atoms with van der Waals surface area (Å²) in [5.41, 5.74) is 0.706. The molecule has 7 heteroatoms. The number of carbonyl (C=O) groups excluding carboxylic acids is 1. The number of halogens is 1. The Labute approximate surface area is 132 Å². The van der Waals surface area contributed by atoms with E-state index in [0.29, 0.717) is 22.2 Å². The van der Waals surface area contributed by atoms with Gasteiger partial charge in [-0.3, -0.25) is 4.79 Å². The number of hydrogen-bond donors (Lipinski definition) is 0. The summed E-state index contributed by atoms with van der Waals surface area (Å²) < 4.78 is 10.3. The van der Waals surface area contributed by atoms with E-state index in [0.717, 1.165) is 0 Å². The monoisotopic (exact) mass is 326 g/mol. The maximum atomic E-state index is 12.2. The molecule has 0 bridgehead atoms. The number of hydrogen-bond acceptors (Lipinski definition) is 6. The fraction of sp³-hybridized carbons (Fsp3) is 0.357. The van der Waals surface area contributed by atoms with Crippen LogP contribution in [0.5, 0.6) is 0 Å². The van der Waals surface area contributed by atoms with Crippen molar-refractivity contribution in [3.05, 3.63) is 46.6 Å². The van der Waals surface area contributed by atoms with E-state index in [1.165, 1.54) is 0 Å². The van der Waals surface area contributed by atoms with Gasteiger partial charge in [-0.15, -0.1) is 0 Å². The lowest BCUT2D eigenvalue weighted by molar-refractivity contribution is -0.144. The molecule has 0 amide bonds. The van der Waals surface area contributed by atoms with E-state index < -0.39 is 11.9 Å². The standard InChI is InChI=1S/C14H15ClN2O3S/c1-3-19-14(18)12(9-4-6-10(15)7-5-9)13-16-11(8-21-2)17-20-13/h4-7,12H,3,8H2,1-2H3. The number of carbonyl (C=O) groups is 1. The fourth-order valence-electron chi connectivity index (χ4n) is 1.83. The second-order valence-electron chi connectivity index (χ2n) is 4.22. The van der Waals surface area contributed by atoms with Gasteiger partial charge in [-0.2, -0.15) is 16.7 Å². The van der Waals surface area contributed by atoms with Gasteiger partial charge in [0.15, 0.2) is 11.7 Å². The van der Waals surface area contributed by atoms with Gasteiger partial charge in [0.2, 0.25) is 5.89 Å². The normalized spacial score (nSPS) is 12.1. The van der Waals surface area contributed by atoms with Gasteiger partial charge in [-0.05, 0) is 30.9 Å². The highest BCUT2D eigenvalue weighted by Gasteiger charge is 2.30. The highest BCUT2D eigenvalue weighted by molar-refractivity contribution is 7.97. The number of esters is 1. The van der Waals surface area contributed by atoms with Gasteiger partial charge < -0.3 is 9.26 Å². The van der Waals surface area contributed by atoms with E-state index in [9.17, 15) is 4.79 Å². The molecule has 0 aliphatic carbocycles. The van der Waals surface area contributed by atoms with Crippen molar-refractivity contribution in [2.75, 3.05) is 12.9 Å². The van der Waals surface area contributed by atoms with Crippen LogP contribution >= 0.6 is 23.4 Å². The van der Waals surface area contributed by atoms with E-state index in [2.05, 4.69) is 10.1 Å². The lowest BCUT2D eigenvalue weighted by atomic mass is 9.99. The Bertz CT molecular complexity index is 601. The van der Waals surface area contributed by atoms with Gasteiger partial charge in [-0.25, -0.2) is 0 Å². The van der Waals surface area contributed by atoms with Crippen LogP contribution in [0.2, 0.25) is 5.02 Å². The van der Waals surface area contributed by atoms with Crippen LogP contribution < -0.4 is 0 Å². The van der Waals surface area contributed by atoms with Gasteiger partial charge in [0.1, 0.15) is 0 Å². The lowest BCUT2D eigenvalue weighted by Gasteiger charge is -2.12.